The first kappa shape index (κ1) is 32.3. The molecule has 8 aromatic carbocycles. The summed E-state index contributed by atoms with van der Waals surface area (Å²) in [5.74, 6) is 0. The van der Waals surface area contributed by atoms with E-state index >= 15 is 0 Å². The second-order valence-electron chi connectivity index (χ2n) is 16.4. The standard InChI is InChI=1S/C54H43N/c1-53(2)48-24-8-5-19-44(48)47-23-14-21-41(52(47)53)37-27-29-38(30-28-37)55(51-26-10-7-20-46(51)42-22-13-16-36-15-3-4-17-40(36)42)39-31-32-45-43-18-6-9-25-49(43)54(50(45)35-39)33-11-12-34-54/h3-10,13-32,35H,11-12,33-34H2,1-2H3. The molecular weight excluding hydrogens is 663 g/mol. The van der Waals surface area contributed by atoms with Crippen LogP contribution in [0, 0.1) is 0 Å². The lowest BCUT2D eigenvalue weighted by molar-refractivity contribution is 0.550. The topological polar surface area (TPSA) is 3.24 Å². The Labute approximate surface area is 324 Å². The van der Waals surface area contributed by atoms with Crippen molar-refractivity contribution in [2.75, 3.05) is 4.90 Å². The molecule has 1 nitrogen and oxygen atoms in total. The van der Waals surface area contributed by atoms with Crippen LogP contribution in [0.5, 0.6) is 0 Å². The first-order valence-corrected chi connectivity index (χ1v) is 20.0. The largest absolute Gasteiger partial charge is 0.310 e. The molecule has 3 aliphatic carbocycles. The van der Waals surface area contributed by atoms with Gasteiger partial charge in [0.1, 0.15) is 0 Å². The summed E-state index contributed by atoms with van der Waals surface area (Å²) in [7, 11) is 0. The highest BCUT2D eigenvalue weighted by molar-refractivity contribution is 6.02. The monoisotopic (exact) mass is 705 g/mol. The number of hydrogen-bond donors (Lipinski definition) is 0. The minimum absolute atomic E-state index is 0.0805. The SMILES string of the molecule is CC1(C)c2ccccc2-c2cccc(-c3ccc(N(c4ccc5c(c4)C4(CCCC4)c4ccccc4-5)c4ccccc4-c4cccc5ccccc45)cc3)c21. The predicted molar refractivity (Wildman–Crippen MR) is 232 cm³/mol. The van der Waals surface area contributed by atoms with Crippen molar-refractivity contribution in [2.45, 2.75) is 50.4 Å². The van der Waals surface area contributed by atoms with Gasteiger partial charge in [-0.2, -0.15) is 0 Å². The predicted octanol–water partition coefficient (Wildman–Crippen LogP) is 14.8. The maximum atomic E-state index is 2.54. The lowest BCUT2D eigenvalue weighted by atomic mass is 9.76. The molecule has 1 spiro atoms. The lowest BCUT2D eigenvalue weighted by Crippen LogP contribution is -2.21. The van der Waals surface area contributed by atoms with E-state index in [1.165, 1.54) is 115 Å². The van der Waals surface area contributed by atoms with E-state index in [0.717, 1.165) is 5.69 Å². The Morgan fingerprint density at radius 3 is 1.80 bits per heavy atom. The Kier molecular flexibility index (Phi) is 7.14. The summed E-state index contributed by atoms with van der Waals surface area (Å²) in [5, 5.41) is 2.52. The number of benzene rings is 8. The highest BCUT2D eigenvalue weighted by Crippen LogP contribution is 2.58. The van der Waals surface area contributed by atoms with Gasteiger partial charge in [0.25, 0.3) is 0 Å². The molecule has 55 heavy (non-hydrogen) atoms. The fraction of sp³-hybridized carbons (Fsp3) is 0.148. The van der Waals surface area contributed by atoms with Gasteiger partial charge in [-0.3, -0.25) is 0 Å². The van der Waals surface area contributed by atoms with Gasteiger partial charge in [-0.15, -0.1) is 0 Å². The molecule has 0 N–H and O–H groups in total. The van der Waals surface area contributed by atoms with E-state index in [0.29, 0.717) is 0 Å². The van der Waals surface area contributed by atoms with Gasteiger partial charge in [-0.1, -0.05) is 172 Å². The molecule has 0 bridgehead atoms. The molecule has 0 aliphatic heterocycles. The second-order valence-corrected chi connectivity index (χ2v) is 16.4. The quantitative estimate of drug-likeness (QED) is 0.172. The summed E-state index contributed by atoms with van der Waals surface area (Å²) in [6.45, 7) is 4.76. The van der Waals surface area contributed by atoms with E-state index in [1.807, 2.05) is 0 Å². The number of nitrogens with zero attached hydrogens (tertiary/aromatic N) is 1. The summed E-state index contributed by atoms with van der Waals surface area (Å²) < 4.78 is 0. The van der Waals surface area contributed by atoms with Crippen LogP contribution in [0.3, 0.4) is 0 Å². The number of rotatable bonds is 5. The van der Waals surface area contributed by atoms with Crippen molar-refractivity contribution in [2.24, 2.45) is 0 Å². The van der Waals surface area contributed by atoms with Crippen molar-refractivity contribution in [3.63, 3.8) is 0 Å². The third-order valence-corrected chi connectivity index (χ3v) is 13.2. The molecule has 0 radical (unpaired) electrons. The Hall–Kier alpha value is -6.18. The molecule has 0 amide bonds. The average Bonchev–Trinajstić information content (AvgIpc) is 3.91. The van der Waals surface area contributed by atoms with Gasteiger partial charge in [0.15, 0.2) is 0 Å². The molecule has 11 rings (SSSR count). The summed E-state index contributed by atoms with van der Waals surface area (Å²) in [4.78, 5) is 2.52. The van der Waals surface area contributed by atoms with Crippen LogP contribution in [0.2, 0.25) is 0 Å². The van der Waals surface area contributed by atoms with Gasteiger partial charge in [-0.05, 0) is 115 Å². The molecule has 0 aromatic heterocycles. The second kappa shape index (κ2) is 12.2. The smallest absolute Gasteiger partial charge is 0.0540 e. The molecule has 8 aromatic rings. The molecule has 0 atom stereocenters. The van der Waals surface area contributed by atoms with E-state index in [4.69, 9.17) is 0 Å². The zero-order valence-corrected chi connectivity index (χ0v) is 31.5. The van der Waals surface area contributed by atoms with Gasteiger partial charge in [-0.25, -0.2) is 0 Å². The van der Waals surface area contributed by atoms with E-state index in [1.54, 1.807) is 0 Å². The number of para-hydroxylation sites is 1. The van der Waals surface area contributed by atoms with Crippen LogP contribution in [0.15, 0.2) is 176 Å². The van der Waals surface area contributed by atoms with Gasteiger partial charge >= 0.3 is 0 Å². The molecular formula is C54H43N. The highest BCUT2D eigenvalue weighted by Gasteiger charge is 2.45. The Morgan fingerprint density at radius 1 is 0.418 bits per heavy atom. The maximum absolute atomic E-state index is 2.54. The first-order chi connectivity index (χ1) is 27.0. The third-order valence-electron chi connectivity index (χ3n) is 13.2. The lowest BCUT2D eigenvalue weighted by Gasteiger charge is -2.31. The molecule has 0 unspecified atom stereocenters. The van der Waals surface area contributed by atoms with Crippen LogP contribution < -0.4 is 4.90 Å². The molecule has 1 fully saturated rings. The minimum Gasteiger partial charge on any atom is -0.310 e. The van der Waals surface area contributed by atoms with Crippen LogP contribution in [0.1, 0.15) is 61.8 Å². The van der Waals surface area contributed by atoms with Crippen LogP contribution in [0.25, 0.3) is 55.3 Å². The van der Waals surface area contributed by atoms with Crippen molar-refractivity contribution >= 4 is 27.8 Å². The molecule has 0 heterocycles. The van der Waals surface area contributed by atoms with Crippen LogP contribution in [-0.2, 0) is 10.8 Å². The molecule has 3 aliphatic rings. The van der Waals surface area contributed by atoms with Gasteiger partial charge < -0.3 is 4.90 Å². The van der Waals surface area contributed by atoms with Crippen LogP contribution >= 0.6 is 0 Å². The van der Waals surface area contributed by atoms with E-state index in [-0.39, 0.29) is 10.8 Å². The fourth-order valence-electron chi connectivity index (χ4n) is 10.8. The van der Waals surface area contributed by atoms with Crippen LogP contribution in [0.4, 0.5) is 17.1 Å². The first-order valence-electron chi connectivity index (χ1n) is 20.0. The average molecular weight is 706 g/mol. The van der Waals surface area contributed by atoms with E-state index in [2.05, 4.69) is 195 Å². The highest BCUT2D eigenvalue weighted by atomic mass is 15.1. The molecule has 0 saturated heterocycles. The summed E-state index contributed by atoms with van der Waals surface area (Å²) >= 11 is 0. The summed E-state index contributed by atoms with van der Waals surface area (Å²) in [6.07, 6.45) is 4.98. The number of anilines is 3. The van der Waals surface area contributed by atoms with Crippen molar-refractivity contribution in [3.8, 4) is 44.5 Å². The third kappa shape index (κ3) is 4.72. The normalized spacial score (nSPS) is 15.5. The van der Waals surface area contributed by atoms with E-state index < -0.39 is 0 Å². The van der Waals surface area contributed by atoms with Crippen molar-refractivity contribution in [3.05, 3.63) is 198 Å². The summed E-state index contributed by atoms with van der Waals surface area (Å²) in [5.41, 5.74) is 20.0. The summed E-state index contributed by atoms with van der Waals surface area (Å²) in [6, 6.07) is 66.1. The fourth-order valence-corrected chi connectivity index (χ4v) is 10.8. The van der Waals surface area contributed by atoms with Crippen molar-refractivity contribution in [1.82, 2.24) is 0 Å². The van der Waals surface area contributed by atoms with Crippen LogP contribution in [-0.4, -0.2) is 0 Å². The molecule has 1 heteroatoms. The van der Waals surface area contributed by atoms with E-state index in [9.17, 15) is 0 Å². The molecule has 264 valence electrons. The Balaban J connectivity index is 1.10. The number of fused-ring (bicyclic) bond motifs is 9. The zero-order valence-electron chi connectivity index (χ0n) is 31.5. The van der Waals surface area contributed by atoms with Gasteiger partial charge in [0.05, 0.1) is 5.69 Å². The molecule has 1 saturated carbocycles. The minimum atomic E-state index is -0.0805. The Morgan fingerprint density at radius 2 is 0.982 bits per heavy atom. The number of hydrogen-bond acceptors (Lipinski definition) is 1. The van der Waals surface area contributed by atoms with Gasteiger partial charge in [0, 0.05) is 27.8 Å². The van der Waals surface area contributed by atoms with Gasteiger partial charge in [0.2, 0.25) is 0 Å². The van der Waals surface area contributed by atoms with Crippen molar-refractivity contribution < 1.29 is 0 Å². The van der Waals surface area contributed by atoms with Crippen molar-refractivity contribution in [1.29, 1.82) is 0 Å². The Bertz CT molecular complexity index is 2790. The maximum Gasteiger partial charge on any atom is 0.0540 e. The zero-order chi connectivity index (χ0) is 36.7.